The van der Waals surface area contributed by atoms with Crippen molar-refractivity contribution in [1.82, 2.24) is 19.9 Å². The highest BCUT2D eigenvalue weighted by atomic mass is 16.6. The Kier molecular flexibility index (Phi) is 3.19. The summed E-state index contributed by atoms with van der Waals surface area (Å²) in [4.78, 5) is 26.0. The first kappa shape index (κ1) is 13.0. The van der Waals surface area contributed by atoms with Gasteiger partial charge in [-0.2, -0.15) is 0 Å². The lowest BCUT2D eigenvalue weighted by Gasteiger charge is -2.01. The van der Waals surface area contributed by atoms with Gasteiger partial charge in [-0.15, -0.1) is 0 Å². The summed E-state index contributed by atoms with van der Waals surface area (Å²) < 4.78 is 5.29. The van der Waals surface area contributed by atoms with Gasteiger partial charge >= 0.3 is 0 Å². The van der Waals surface area contributed by atoms with Crippen molar-refractivity contribution in [2.75, 3.05) is 6.61 Å². The van der Waals surface area contributed by atoms with Crippen LogP contribution in [0.2, 0.25) is 0 Å². The second-order valence-corrected chi connectivity index (χ2v) is 4.22. The Morgan fingerprint density at radius 3 is 2.95 bits per heavy atom. The lowest BCUT2D eigenvalue weighted by Crippen LogP contribution is -1.96. The van der Waals surface area contributed by atoms with Crippen LogP contribution in [0.4, 0.5) is 5.69 Å². The Labute approximate surface area is 119 Å². The van der Waals surface area contributed by atoms with E-state index in [9.17, 15) is 10.1 Å². The molecular formula is C13H11N5O3. The van der Waals surface area contributed by atoms with Crippen molar-refractivity contribution in [3.8, 4) is 17.4 Å². The number of aromatic nitrogens is 4. The van der Waals surface area contributed by atoms with Crippen LogP contribution in [0.5, 0.6) is 5.88 Å². The lowest BCUT2D eigenvalue weighted by atomic mass is 10.3. The number of aromatic amines is 1. The summed E-state index contributed by atoms with van der Waals surface area (Å²) in [6, 6.07) is 4.44. The average Bonchev–Trinajstić information content (AvgIpc) is 2.91. The normalized spacial score (nSPS) is 10.7. The summed E-state index contributed by atoms with van der Waals surface area (Å²) in [5, 5.41) is 10.8. The number of hydrogen-bond acceptors (Lipinski definition) is 6. The summed E-state index contributed by atoms with van der Waals surface area (Å²) in [6.45, 7) is 2.35. The van der Waals surface area contributed by atoms with Crippen LogP contribution in [0, 0.1) is 10.1 Å². The van der Waals surface area contributed by atoms with Crippen LogP contribution in [0.25, 0.3) is 22.6 Å². The van der Waals surface area contributed by atoms with Crippen LogP contribution < -0.4 is 4.74 Å². The lowest BCUT2D eigenvalue weighted by molar-refractivity contribution is -0.384. The molecule has 2 heterocycles. The number of benzene rings is 1. The van der Waals surface area contributed by atoms with E-state index in [-0.39, 0.29) is 5.69 Å². The van der Waals surface area contributed by atoms with Gasteiger partial charge < -0.3 is 9.72 Å². The van der Waals surface area contributed by atoms with E-state index in [1.165, 1.54) is 18.3 Å². The Balaban J connectivity index is 2.04. The number of nitrogens with one attached hydrogen (secondary N) is 1. The highest BCUT2D eigenvalue weighted by Crippen LogP contribution is 2.23. The van der Waals surface area contributed by atoms with Crippen molar-refractivity contribution in [2.24, 2.45) is 0 Å². The molecule has 3 aromatic rings. The van der Waals surface area contributed by atoms with Crippen molar-refractivity contribution in [1.29, 1.82) is 0 Å². The molecule has 0 spiro atoms. The highest BCUT2D eigenvalue weighted by molar-refractivity contribution is 5.80. The van der Waals surface area contributed by atoms with E-state index in [2.05, 4.69) is 19.9 Å². The maximum Gasteiger partial charge on any atom is 0.271 e. The molecule has 0 atom stereocenters. The third-order valence-corrected chi connectivity index (χ3v) is 2.82. The van der Waals surface area contributed by atoms with Gasteiger partial charge in [0.1, 0.15) is 5.69 Å². The molecule has 0 saturated carbocycles. The Bertz CT molecular complexity index is 814. The summed E-state index contributed by atoms with van der Waals surface area (Å²) in [5.41, 5.74) is 1.72. The van der Waals surface area contributed by atoms with E-state index in [0.29, 0.717) is 35.0 Å². The van der Waals surface area contributed by atoms with Gasteiger partial charge in [-0.3, -0.25) is 15.1 Å². The average molecular weight is 285 g/mol. The molecule has 1 N–H and O–H groups in total. The number of nitro groups is 1. The minimum Gasteiger partial charge on any atom is -0.477 e. The number of rotatable bonds is 4. The van der Waals surface area contributed by atoms with Crippen molar-refractivity contribution in [3.63, 3.8) is 0 Å². The predicted molar refractivity (Wildman–Crippen MR) is 74.9 cm³/mol. The number of ether oxygens (including phenoxy) is 1. The minimum atomic E-state index is -0.449. The quantitative estimate of drug-likeness (QED) is 0.582. The second-order valence-electron chi connectivity index (χ2n) is 4.22. The molecule has 0 amide bonds. The fraction of sp³-hybridized carbons (Fsp3) is 0.154. The summed E-state index contributed by atoms with van der Waals surface area (Å²) in [6.07, 6.45) is 3.06. The fourth-order valence-electron chi connectivity index (χ4n) is 1.91. The summed E-state index contributed by atoms with van der Waals surface area (Å²) in [7, 11) is 0. The SMILES string of the molecule is CCOc1cncc(-c2nc3ccc([N+](=O)[O-])cc3[nH]2)n1. The van der Waals surface area contributed by atoms with Gasteiger partial charge in [0.15, 0.2) is 5.82 Å². The largest absolute Gasteiger partial charge is 0.477 e. The Morgan fingerprint density at radius 1 is 1.33 bits per heavy atom. The molecule has 0 radical (unpaired) electrons. The van der Waals surface area contributed by atoms with Gasteiger partial charge in [0.05, 0.1) is 35.0 Å². The van der Waals surface area contributed by atoms with Crippen molar-refractivity contribution in [2.45, 2.75) is 6.92 Å². The topological polar surface area (TPSA) is 107 Å². The van der Waals surface area contributed by atoms with Gasteiger partial charge in [0.2, 0.25) is 5.88 Å². The first-order chi connectivity index (χ1) is 10.2. The number of hydrogen-bond donors (Lipinski definition) is 1. The first-order valence-electron chi connectivity index (χ1n) is 6.26. The molecule has 106 valence electrons. The van der Waals surface area contributed by atoms with E-state index >= 15 is 0 Å². The summed E-state index contributed by atoms with van der Waals surface area (Å²) >= 11 is 0. The van der Waals surface area contributed by atoms with Gasteiger partial charge in [-0.05, 0) is 13.0 Å². The molecule has 3 rings (SSSR count). The van der Waals surface area contributed by atoms with Crippen molar-refractivity contribution in [3.05, 3.63) is 40.7 Å². The molecule has 0 aliphatic heterocycles. The van der Waals surface area contributed by atoms with E-state index < -0.39 is 4.92 Å². The molecule has 8 heteroatoms. The van der Waals surface area contributed by atoms with Gasteiger partial charge in [-0.1, -0.05) is 0 Å². The van der Waals surface area contributed by atoms with Crippen molar-refractivity contribution >= 4 is 16.7 Å². The minimum absolute atomic E-state index is 0.00634. The van der Waals surface area contributed by atoms with E-state index in [0.717, 1.165) is 0 Å². The molecule has 0 aliphatic rings. The Hall–Kier alpha value is -3.03. The Morgan fingerprint density at radius 2 is 2.19 bits per heavy atom. The molecule has 21 heavy (non-hydrogen) atoms. The third-order valence-electron chi connectivity index (χ3n) is 2.82. The number of H-pyrrole nitrogens is 1. The standard InChI is InChI=1S/C13H11N5O3/c1-2-21-12-7-14-6-11(15-12)13-16-9-4-3-8(18(19)20)5-10(9)17-13/h3-7H,2H2,1H3,(H,16,17). The van der Waals surface area contributed by atoms with Gasteiger partial charge in [0, 0.05) is 12.1 Å². The zero-order valence-corrected chi connectivity index (χ0v) is 11.1. The zero-order valence-electron chi connectivity index (χ0n) is 11.1. The molecule has 0 bridgehead atoms. The number of non-ortho nitro benzene ring substituents is 1. The van der Waals surface area contributed by atoms with Crippen LogP contribution in [-0.4, -0.2) is 31.5 Å². The molecule has 2 aromatic heterocycles. The van der Waals surface area contributed by atoms with Crippen molar-refractivity contribution < 1.29 is 9.66 Å². The highest BCUT2D eigenvalue weighted by Gasteiger charge is 2.12. The molecule has 0 saturated heterocycles. The van der Waals surface area contributed by atoms with Crippen LogP contribution >= 0.6 is 0 Å². The number of fused-ring (bicyclic) bond motifs is 1. The van der Waals surface area contributed by atoms with Crippen LogP contribution in [-0.2, 0) is 0 Å². The number of nitro benzene ring substituents is 1. The monoisotopic (exact) mass is 285 g/mol. The van der Waals surface area contributed by atoms with E-state index in [4.69, 9.17) is 4.74 Å². The van der Waals surface area contributed by atoms with E-state index in [1.54, 1.807) is 12.3 Å². The van der Waals surface area contributed by atoms with Gasteiger partial charge in [0.25, 0.3) is 5.69 Å². The molecule has 0 unspecified atom stereocenters. The molecular weight excluding hydrogens is 274 g/mol. The van der Waals surface area contributed by atoms with Gasteiger partial charge in [-0.25, -0.2) is 9.97 Å². The molecule has 0 aliphatic carbocycles. The van der Waals surface area contributed by atoms with Crippen LogP contribution in [0.1, 0.15) is 6.92 Å². The first-order valence-corrected chi connectivity index (χ1v) is 6.26. The predicted octanol–water partition coefficient (Wildman–Crippen LogP) is 2.33. The molecule has 1 aromatic carbocycles. The smallest absolute Gasteiger partial charge is 0.271 e. The van der Waals surface area contributed by atoms with E-state index in [1.807, 2.05) is 6.92 Å². The summed E-state index contributed by atoms with van der Waals surface area (Å²) in [5.74, 6) is 0.890. The fourth-order valence-corrected chi connectivity index (χ4v) is 1.91. The molecule has 0 fully saturated rings. The maximum atomic E-state index is 10.8. The molecule has 8 nitrogen and oxygen atoms in total. The number of imidazole rings is 1. The third kappa shape index (κ3) is 2.50. The van der Waals surface area contributed by atoms with Crippen LogP contribution in [0.15, 0.2) is 30.6 Å². The maximum absolute atomic E-state index is 10.8. The number of nitrogens with zero attached hydrogens (tertiary/aromatic N) is 4. The van der Waals surface area contributed by atoms with Crippen LogP contribution in [0.3, 0.4) is 0 Å². The second kappa shape index (κ2) is 5.16. The zero-order chi connectivity index (χ0) is 14.8.